The molecule has 0 amide bonds. The van der Waals surface area contributed by atoms with Crippen molar-refractivity contribution in [3.8, 4) is 0 Å². The van der Waals surface area contributed by atoms with Gasteiger partial charge in [0.05, 0.1) is 18.8 Å². The summed E-state index contributed by atoms with van der Waals surface area (Å²) in [6.07, 6.45) is 4.95. The van der Waals surface area contributed by atoms with Crippen molar-refractivity contribution in [3.05, 3.63) is 12.7 Å². The van der Waals surface area contributed by atoms with Crippen LogP contribution in [-0.4, -0.2) is 62.5 Å². The lowest BCUT2D eigenvalue weighted by Crippen LogP contribution is -2.41. The molecule has 0 aromatic rings. The van der Waals surface area contributed by atoms with Gasteiger partial charge in [0.2, 0.25) is 0 Å². The standard InChI is InChI=1S/C16H32N2O2/c1-6-9-18(10-11-19-5)13-15-8-7-14(20-15)12-17-16(2,3)4/h6,14-15,17H,1,7-13H2,2-5H3. The van der Waals surface area contributed by atoms with E-state index in [0.29, 0.717) is 12.2 Å². The molecular weight excluding hydrogens is 252 g/mol. The Kier molecular flexibility index (Phi) is 7.74. The summed E-state index contributed by atoms with van der Waals surface area (Å²) in [5.41, 5.74) is 0.161. The molecule has 1 saturated heterocycles. The quantitative estimate of drug-likeness (QED) is 0.657. The first-order valence-corrected chi connectivity index (χ1v) is 7.67. The maximum absolute atomic E-state index is 6.13. The number of hydrogen-bond donors (Lipinski definition) is 1. The Morgan fingerprint density at radius 1 is 1.35 bits per heavy atom. The third-order valence-corrected chi connectivity index (χ3v) is 3.52. The van der Waals surface area contributed by atoms with Gasteiger partial charge in [-0.05, 0) is 33.6 Å². The zero-order valence-electron chi connectivity index (χ0n) is 13.7. The average molecular weight is 284 g/mol. The zero-order chi connectivity index (χ0) is 15.0. The molecule has 1 aliphatic heterocycles. The summed E-state index contributed by atoms with van der Waals surface area (Å²) in [4.78, 5) is 2.35. The molecule has 2 atom stereocenters. The maximum Gasteiger partial charge on any atom is 0.0707 e. The second kappa shape index (κ2) is 8.78. The summed E-state index contributed by atoms with van der Waals surface area (Å²) in [5.74, 6) is 0. The Balaban J connectivity index is 2.29. The van der Waals surface area contributed by atoms with E-state index in [2.05, 4.69) is 37.6 Å². The van der Waals surface area contributed by atoms with E-state index in [9.17, 15) is 0 Å². The van der Waals surface area contributed by atoms with E-state index >= 15 is 0 Å². The summed E-state index contributed by atoms with van der Waals surface area (Å²) < 4.78 is 11.3. The highest BCUT2D eigenvalue weighted by atomic mass is 16.5. The molecule has 0 aromatic carbocycles. The van der Waals surface area contributed by atoms with Crippen molar-refractivity contribution in [1.29, 1.82) is 0 Å². The fourth-order valence-corrected chi connectivity index (χ4v) is 2.43. The van der Waals surface area contributed by atoms with Crippen LogP contribution >= 0.6 is 0 Å². The molecule has 1 N–H and O–H groups in total. The van der Waals surface area contributed by atoms with Crippen LogP contribution in [0.5, 0.6) is 0 Å². The van der Waals surface area contributed by atoms with Crippen LogP contribution in [0.2, 0.25) is 0 Å². The lowest BCUT2D eigenvalue weighted by molar-refractivity contribution is 0.0188. The van der Waals surface area contributed by atoms with Crippen LogP contribution in [0.15, 0.2) is 12.7 Å². The second-order valence-electron chi connectivity index (χ2n) is 6.63. The summed E-state index contributed by atoms with van der Waals surface area (Å²) in [7, 11) is 1.74. The van der Waals surface area contributed by atoms with Crippen molar-refractivity contribution in [1.82, 2.24) is 10.2 Å². The Bertz CT molecular complexity index is 276. The SMILES string of the molecule is C=CCN(CCOC)CC1CCC(CNC(C)(C)C)O1. The van der Waals surface area contributed by atoms with E-state index in [1.807, 2.05) is 6.08 Å². The van der Waals surface area contributed by atoms with E-state index in [4.69, 9.17) is 9.47 Å². The number of nitrogens with zero attached hydrogens (tertiary/aromatic N) is 1. The van der Waals surface area contributed by atoms with E-state index in [-0.39, 0.29) is 5.54 Å². The van der Waals surface area contributed by atoms with Gasteiger partial charge in [-0.1, -0.05) is 6.08 Å². The van der Waals surface area contributed by atoms with Crippen molar-refractivity contribution < 1.29 is 9.47 Å². The molecule has 2 unspecified atom stereocenters. The van der Waals surface area contributed by atoms with Gasteiger partial charge in [-0.2, -0.15) is 0 Å². The predicted molar refractivity (Wildman–Crippen MR) is 84.2 cm³/mol. The Morgan fingerprint density at radius 3 is 2.65 bits per heavy atom. The first-order valence-electron chi connectivity index (χ1n) is 7.67. The highest BCUT2D eigenvalue weighted by Gasteiger charge is 2.27. The van der Waals surface area contributed by atoms with Crippen LogP contribution in [0, 0.1) is 0 Å². The number of methoxy groups -OCH3 is 1. The first kappa shape index (κ1) is 17.6. The van der Waals surface area contributed by atoms with Crippen molar-refractivity contribution in [2.45, 2.75) is 51.4 Å². The average Bonchev–Trinajstić information content (AvgIpc) is 2.81. The number of ether oxygens (including phenoxy) is 2. The summed E-state index contributed by atoms with van der Waals surface area (Å²) in [6.45, 7) is 14.9. The molecule has 4 heteroatoms. The Labute approximate surface area is 124 Å². The molecule has 0 radical (unpaired) electrons. The molecule has 20 heavy (non-hydrogen) atoms. The number of nitrogens with one attached hydrogen (secondary N) is 1. The Morgan fingerprint density at radius 2 is 2.05 bits per heavy atom. The van der Waals surface area contributed by atoms with Gasteiger partial charge in [-0.25, -0.2) is 0 Å². The summed E-state index contributed by atoms with van der Waals surface area (Å²) in [5, 5.41) is 3.52. The van der Waals surface area contributed by atoms with Gasteiger partial charge in [-0.15, -0.1) is 6.58 Å². The van der Waals surface area contributed by atoms with Gasteiger partial charge < -0.3 is 14.8 Å². The normalized spacial score (nSPS) is 23.4. The molecule has 0 saturated carbocycles. The maximum atomic E-state index is 6.13. The van der Waals surface area contributed by atoms with Gasteiger partial charge in [0, 0.05) is 38.8 Å². The molecular formula is C16H32N2O2. The number of rotatable bonds is 9. The third-order valence-electron chi connectivity index (χ3n) is 3.52. The van der Waals surface area contributed by atoms with Gasteiger partial charge in [0.1, 0.15) is 0 Å². The van der Waals surface area contributed by atoms with Crippen LogP contribution in [0.1, 0.15) is 33.6 Å². The van der Waals surface area contributed by atoms with Crippen molar-refractivity contribution in [3.63, 3.8) is 0 Å². The second-order valence-corrected chi connectivity index (χ2v) is 6.63. The lowest BCUT2D eigenvalue weighted by atomic mass is 10.1. The molecule has 1 fully saturated rings. The van der Waals surface area contributed by atoms with Crippen molar-refractivity contribution >= 4 is 0 Å². The summed E-state index contributed by atoms with van der Waals surface area (Å²) in [6, 6.07) is 0. The highest BCUT2D eigenvalue weighted by Crippen LogP contribution is 2.20. The first-order chi connectivity index (χ1) is 9.44. The number of hydrogen-bond acceptors (Lipinski definition) is 4. The summed E-state index contributed by atoms with van der Waals surface area (Å²) >= 11 is 0. The van der Waals surface area contributed by atoms with Gasteiger partial charge in [0.15, 0.2) is 0 Å². The minimum Gasteiger partial charge on any atom is -0.383 e. The van der Waals surface area contributed by atoms with E-state index in [1.165, 1.54) is 0 Å². The smallest absolute Gasteiger partial charge is 0.0707 e. The van der Waals surface area contributed by atoms with E-state index in [0.717, 1.165) is 45.6 Å². The van der Waals surface area contributed by atoms with Crippen LogP contribution < -0.4 is 5.32 Å². The van der Waals surface area contributed by atoms with Crippen LogP contribution in [0.25, 0.3) is 0 Å². The van der Waals surface area contributed by atoms with Crippen molar-refractivity contribution in [2.75, 3.05) is 39.9 Å². The molecule has 118 valence electrons. The predicted octanol–water partition coefficient (Wildman–Crippen LogP) is 2.06. The third kappa shape index (κ3) is 7.39. The molecule has 4 nitrogen and oxygen atoms in total. The molecule has 0 aliphatic carbocycles. The lowest BCUT2D eigenvalue weighted by Gasteiger charge is -2.25. The molecule has 0 bridgehead atoms. The van der Waals surface area contributed by atoms with Crippen molar-refractivity contribution in [2.24, 2.45) is 0 Å². The van der Waals surface area contributed by atoms with Crippen LogP contribution in [0.4, 0.5) is 0 Å². The minimum absolute atomic E-state index is 0.161. The van der Waals surface area contributed by atoms with E-state index < -0.39 is 0 Å². The van der Waals surface area contributed by atoms with Gasteiger partial charge >= 0.3 is 0 Å². The topological polar surface area (TPSA) is 33.7 Å². The molecule has 1 rings (SSSR count). The van der Waals surface area contributed by atoms with Gasteiger partial charge in [0.25, 0.3) is 0 Å². The van der Waals surface area contributed by atoms with Crippen LogP contribution in [-0.2, 0) is 9.47 Å². The fraction of sp³-hybridized carbons (Fsp3) is 0.875. The Hall–Kier alpha value is -0.420. The van der Waals surface area contributed by atoms with Gasteiger partial charge in [-0.3, -0.25) is 4.90 Å². The molecule has 0 spiro atoms. The van der Waals surface area contributed by atoms with E-state index in [1.54, 1.807) is 7.11 Å². The fourth-order valence-electron chi connectivity index (χ4n) is 2.43. The monoisotopic (exact) mass is 284 g/mol. The highest BCUT2D eigenvalue weighted by molar-refractivity contribution is 4.82. The largest absolute Gasteiger partial charge is 0.383 e. The molecule has 1 heterocycles. The molecule has 1 aliphatic rings. The zero-order valence-corrected chi connectivity index (χ0v) is 13.7. The molecule has 0 aromatic heterocycles. The van der Waals surface area contributed by atoms with Crippen LogP contribution in [0.3, 0.4) is 0 Å². The minimum atomic E-state index is 0.161.